The van der Waals surface area contributed by atoms with Crippen LogP contribution in [0.1, 0.15) is 18.6 Å². The molecule has 0 radical (unpaired) electrons. The number of hydrogen-bond donors (Lipinski definition) is 1. The Morgan fingerprint density at radius 2 is 1.83 bits per heavy atom. The standard InChI is InChI=1S/C13H11F2NO2/c1-8(17)9-2-3-16-13(4-9)18-12-6-10(14)5-11(15)7-12/h2-8,17H,1H3. The summed E-state index contributed by atoms with van der Waals surface area (Å²) in [7, 11) is 0. The smallest absolute Gasteiger partial charge is 0.219 e. The summed E-state index contributed by atoms with van der Waals surface area (Å²) in [5, 5.41) is 9.40. The Kier molecular flexibility index (Phi) is 3.53. The second-order valence-corrected chi connectivity index (χ2v) is 3.81. The summed E-state index contributed by atoms with van der Waals surface area (Å²) in [5.74, 6) is -1.27. The van der Waals surface area contributed by atoms with E-state index in [2.05, 4.69) is 4.98 Å². The van der Waals surface area contributed by atoms with Crippen LogP contribution in [0.3, 0.4) is 0 Å². The molecule has 0 saturated heterocycles. The fourth-order valence-corrected chi connectivity index (χ4v) is 1.45. The van der Waals surface area contributed by atoms with Crippen LogP contribution in [0.15, 0.2) is 36.5 Å². The summed E-state index contributed by atoms with van der Waals surface area (Å²) < 4.78 is 31.1. The Labute approximate surface area is 103 Å². The maximum atomic E-state index is 13.0. The number of aromatic nitrogens is 1. The van der Waals surface area contributed by atoms with Gasteiger partial charge in [0.2, 0.25) is 5.88 Å². The van der Waals surface area contributed by atoms with Crippen molar-refractivity contribution in [2.24, 2.45) is 0 Å². The normalized spacial score (nSPS) is 12.2. The lowest BCUT2D eigenvalue weighted by Gasteiger charge is -2.08. The fraction of sp³-hybridized carbons (Fsp3) is 0.154. The molecular formula is C13H11F2NO2. The second-order valence-electron chi connectivity index (χ2n) is 3.81. The van der Waals surface area contributed by atoms with Crippen LogP contribution in [-0.4, -0.2) is 10.1 Å². The zero-order valence-electron chi connectivity index (χ0n) is 9.60. The zero-order chi connectivity index (χ0) is 13.1. The van der Waals surface area contributed by atoms with Crippen LogP contribution in [0.25, 0.3) is 0 Å². The summed E-state index contributed by atoms with van der Waals surface area (Å²) >= 11 is 0. The van der Waals surface area contributed by atoms with Crippen molar-refractivity contribution in [1.82, 2.24) is 4.98 Å². The Morgan fingerprint density at radius 3 is 2.44 bits per heavy atom. The largest absolute Gasteiger partial charge is 0.439 e. The van der Waals surface area contributed by atoms with Crippen molar-refractivity contribution in [3.8, 4) is 11.6 Å². The highest BCUT2D eigenvalue weighted by molar-refractivity contribution is 5.30. The first kappa shape index (κ1) is 12.4. The first-order chi connectivity index (χ1) is 8.54. The lowest BCUT2D eigenvalue weighted by molar-refractivity contribution is 0.198. The molecule has 0 aliphatic rings. The van der Waals surface area contributed by atoms with Gasteiger partial charge in [0.05, 0.1) is 6.10 Å². The molecular weight excluding hydrogens is 240 g/mol. The lowest BCUT2D eigenvalue weighted by Crippen LogP contribution is -1.94. The van der Waals surface area contributed by atoms with Gasteiger partial charge in [-0.05, 0) is 18.6 Å². The Balaban J connectivity index is 2.25. The van der Waals surface area contributed by atoms with Crippen LogP contribution < -0.4 is 4.74 Å². The number of pyridine rings is 1. The molecule has 0 spiro atoms. The summed E-state index contributed by atoms with van der Waals surface area (Å²) in [5.41, 5.74) is 0.608. The van der Waals surface area contributed by atoms with E-state index >= 15 is 0 Å². The molecule has 0 aliphatic carbocycles. The molecule has 5 heteroatoms. The number of ether oxygens (including phenoxy) is 1. The van der Waals surface area contributed by atoms with Gasteiger partial charge in [-0.2, -0.15) is 0 Å². The van der Waals surface area contributed by atoms with Crippen molar-refractivity contribution >= 4 is 0 Å². The summed E-state index contributed by atoms with van der Waals surface area (Å²) in [6.45, 7) is 1.60. The molecule has 18 heavy (non-hydrogen) atoms. The molecule has 1 atom stereocenters. The van der Waals surface area contributed by atoms with E-state index in [1.54, 1.807) is 13.0 Å². The van der Waals surface area contributed by atoms with Gasteiger partial charge in [-0.15, -0.1) is 0 Å². The Bertz CT molecular complexity index is 538. The maximum absolute atomic E-state index is 13.0. The van der Waals surface area contributed by atoms with E-state index in [0.29, 0.717) is 5.56 Å². The predicted molar refractivity (Wildman–Crippen MR) is 61.3 cm³/mol. The molecule has 2 aromatic rings. The number of aliphatic hydroxyl groups is 1. The minimum absolute atomic E-state index is 0.0164. The van der Waals surface area contributed by atoms with Gasteiger partial charge in [0.1, 0.15) is 17.4 Å². The van der Waals surface area contributed by atoms with Crippen molar-refractivity contribution < 1.29 is 18.6 Å². The predicted octanol–water partition coefficient (Wildman–Crippen LogP) is 3.21. The number of benzene rings is 1. The zero-order valence-corrected chi connectivity index (χ0v) is 9.60. The number of hydrogen-bond acceptors (Lipinski definition) is 3. The quantitative estimate of drug-likeness (QED) is 0.910. The minimum atomic E-state index is -0.725. The SMILES string of the molecule is CC(O)c1ccnc(Oc2cc(F)cc(F)c2)c1. The van der Waals surface area contributed by atoms with Crippen LogP contribution in [0.5, 0.6) is 11.6 Å². The van der Waals surface area contributed by atoms with Gasteiger partial charge in [0.25, 0.3) is 0 Å². The third-order valence-electron chi connectivity index (χ3n) is 2.30. The number of rotatable bonds is 3. The third kappa shape index (κ3) is 3.01. The molecule has 1 heterocycles. The van der Waals surface area contributed by atoms with E-state index in [1.807, 2.05) is 0 Å². The van der Waals surface area contributed by atoms with E-state index in [9.17, 15) is 13.9 Å². The molecule has 0 bridgehead atoms. The molecule has 1 N–H and O–H groups in total. The molecule has 1 aromatic carbocycles. The first-order valence-electron chi connectivity index (χ1n) is 5.32. The first-order valence-corrected chi connectivity index (χ1v) is 5.32. The molecule has 1 unspecified atom stereocenters. The van der Waals surface area contributed by atoms with Crippen molar-refractivity contribution in [1.29, 1.82) is 0 Å². The van der Waals surface area contributed by atoms with Gasteiger partial charge in [0, 0.05) is 30.5 Å². The Morgan fingerprint density at radius 1 is 1.17 bits per heavy atom. The van der Waals surface area contributed by atoms with Crippen molar-refractivity contribution in [3.05, 3.63) is 53.7 Å². The Hall–Kier alpha value is -2.01. The van der Waals surface area contributed by atoms with Crippen LogP contribution in [-0.2, 0) is 0 Å². The van der Waals surface area contributed by atoms with Gasteiger partial charge in [-0.3, -0.25) is 0 Å². The minimum Gasteiger partial charge on any atom is -0.439 e. The van der Waals surface area contributed by atoms with Crippen LogP contribution in [0, 0.1) is 11.6 Å². The molecule has 1 aromatic heterocycles. The van der Waals surface area contributed by atoms with Crippen molar-refractivity contribution in [3.63, 3.8) is 0 Å². The molecule has 94 valence electrons. The molecule has 0 saturated carbocycles. The van der Waals surface area contributed by atoms with Crippen LogP contribution >= 0.6 is 0 Å². The average molecular weight is 251 g/mol. The highest BCUT2D eigenvalue weighted by atomic mass is 19.1. The van der Waals surface area contributed by atoms with E-state index in [4.69, 9.17) is 4.74 Å². The number of nitrogens with zero attached hydrogens (tertiary/aromatic N) is 1. The summed E-state index contributed by atoms with van der Waals surface area (Å²) in [4.78, 5) is 3.90. The highest BCUT2D eigenvalue weighted by Gasteiger charge is 2.06. The summed E-state index contributed by atoms with van der Waals surface area (Å²) in [6.07, 6.45) is 0.784. The van der Waals surface area contributed by atoms with Crippen molar-refractivity contribution in [2.45, 2.75) is 13.0 Å². The van der Waals surface area contributed by atoms with Gasteiger partial charge < -0.3 is 9.84 Å². The molecule has 0 aliphatic heterocycles. The lowest BCUT2D eigenvalue weighted by atomic mass is 10.2. The molecule has 3 nitrogen and oxygen atoms in total. The van der Waals surface area contributed by atoms with Crippen molar-refractivity contribution in [2.75, 3.05) is 0 Å². The average Bonchev–Trinajstić information content (AvgIpc) is 2.27. The maximum Gasteiger partial charge on any atom is 0.219 e. The monoisotopic (exact) mass is 251 g/mol. The van der Waals surface area contributed by atoms with E-state index in [-0.39, 0.29) is 11.6 Å². The third-order valence-corrected chi connectivity index (χ3v) is 2.30. The molecule has 0 amide bonds. The summed E-state index contributed by atoms with van der Waals surface area (Å²) in [6, 6.07) is 6.00. The van der Waals surface area contributed by atoms with E-state index < -0.39 is 17.7 Å². The number of halogens is 2. The fourth-order valence-electron chi connectivity index (χ4n) is 1.45. The van der Waals surface area contributed by atoms with Gasteiger partial charge >= 0.3 is 0 Å². The van der Waals surface area contributed by atoms with E-state index in [0.717, 1.165) is 18.2 Å². The van der Waals surface area contributed by atoms with E-state index in [1.165, 1.54) is 12.3 Å². The van der Waals surface area contributed by atoms with Gasteiger partial charge in [-0.25, -0.2) is 13.8 Å². The van der Waals surface area contributed by atoms with Gasteiger partial charge in [0.15, 0.2) is 0 Å². The topological polar surface area (TPSA) is 42.4 Å². The molecule has 2 rings (SSSR count). The van der Waals surface area contributed by atoms with Crippen LogP contribution in [0.4, 0.5) is 8.78 Å². The highest BCUT2D eigenvalue weighted by Crippen LogP contribution is 2.23. The molecule has 0 fully saturated rings. The van der Waals surface area contributed by atoms with Gasteiger partial charge in [-0.1, -0.05) is 0 Å². The number of aliphatic hydroxyl groups excluding tert-OH is 1. The second kappa shape index (κ2) is 5.10. The van der Waals surface area contributed by atoms with Crippen LogP contribution in [0.2, 0.25) is 0 Å².